The van der Waals surface area contributed by atoms with Crippen LogP contribution in [0.5, 0.6) is 5.75 Å². The van der Waals surface area contributed by atoms with E-state index < -0.39 is 0 Å². The molecule has 94 valence electrons. The third-order valence-corrected chi connectivity index (χ3v) is 3.41. The van der Waals surface area contributed by atoms with Crippen molar-refractivity contribution in [3.63, 3.8) is 0 Å². The van der Waals surface area contributed by atoms with Gasteiger partial charge in [0.15, 0.2) is 0 Å². The molecule has 17 heavy (non-hydrogen) atoms. The zero-order chi connectivity index (χ0) is 12.3. The number of nitrogens with two attached hydrogens (primary N) is 1. The summed E-state index contributed by atoms with van der Waals surface area (Å²) in [5.41, 5.74) is 7.55. The number of rotatable bonds is 5. The Labute approximate surface area is 104 Å². The van der Waals surface area contributed by atoms with Crippen molar-refractivity contribution in [2.75, 3.05) is 20.2 Å². The fourth-order valence-electron chi connectivity index (χ4n) is 2.69. The lowest BCUT2D eigenvalue weighted by Gasteiger charge is -2.48. The Morgan fingerprint density at radius 2 is 2.06 bits per heavy atom. The van der Waals surface area contributed by atoms with Crippen LogP contribution in [0.25, 0.3) is 0 Å². The van der Waals surface area contributed by atoms with Crippen molar-refractivity contribution >= 4 is 0 Å². The van der Waals surface area contributed by atoms with Crippen LogP contribution in [0.15, 0.2) is 24.3 Å². The number of hydrogen-bond acceptors (Lipinski definition) is 3. The van der Waals surface area contributed by atoms with Crippen molar-refractivity contribution in [1.29, 1.82) is 0 Å². The molecule has 1 aliphatic rings. The Morgan fingerprint density at radius 3 is 2.71 bits per heavy atom. The maximum atomic E-state index is 6.26. The van der Waals surface area contributed by atoms with Gasteiger partial charge in [0, 0.05) is 30.7 Å². The van der Waals surface area contributed by atoms with Crippen molar-refractivity contribution in [1.82, 2.24) is 4.90 Å². The first-order chi connectivity index (χ1) is 8.17. The average Bonchev–Trinajstić information content (AvgIpc) is 2.28. The van der Waals surface area contributed by atoms with E-state index in [2.05, 4.69) is 24.0 Å². The zero-order valence-electron chi connectivity index (χ0n) is 10.8. The Kier molecular flexibility index (Phi) is 3.69. The average molecular weight is 234 g/mol. The van der Waals surface area contributed by atoms with Gasteiger partial charge in [0.2, 0.25) is 0 Å². The highest BCUT2D eigenvalue weighted by Gasteiger charge is 2.38. The van der Waals surface area contributed by atoms with Gasteiger partial charge in [-0.05, 0) is 12.5 Å². The molecule has 3 nitrogen and oxygen atoms in total. The largest absolute Gasteiger partial charge is 0.496 e. The molecule has 0 saturated carbocycles. The third-order valence-electron chi connectivity index (χ3n) is 3.41. The van der Waals surface area contributed by atoms with Crippen LogP contribution in [0.4, 0.5) is 0 Å². The SMILES string of the molecule is CCCC1(N)CN(Cc2ccccc2OC)C1. The maximum absolute atomic E-state index is 6.26. The number of ether oxygens (including phenoxy) is 1. The van der Waals surface area contributed by atoms with E-state index >= 15 is 0 Å². The van der Waals surface area contributed by atoms with E-state index in [4.69, 9.17) is 10.5 Å². The summed E-state index contributed by atoms with van der Waals surface area (Å²) in [5, 5.41) is 0. The van der Waals surface area contributed by atoms with Crippen LogP contribution in [0, 0.1) is 0 Å². The fourth-order valence-corrected chi connectivity index (χ4v) is 2.69. The van der Waals surface area contributed by atoms with Gasteiger partial charge in [-0.1, -0.05) is 31.5 Å². The second-order valence-corrected chi connectivity index (χ2v) is 5.07. The van der Waals surface area contributed by atoms with Gasteiger partial charge in [0.1, 0.15) is 5.75 Å². The van der Waals surface area contributed by atoms with Crippen molar-refractivity contribution in [3.8, 4) is 5.75 Å². The standard InChI is InChI=1S/C14H22N2O/c1-3-8-14(15)10-16(11-14)9-12-6-4-5-7-13(12)17-2/h4-7H,3,8-11,15H2,1-2H3. The van der Waals surface area contributed by atoms with Gasteiger partial charge >= 0.3 is 0 Å². The molecule has 1 heterocycles. The summed E-state index contributed by atoms with van der Waals surface area (Å²) in [5.74, 6) is 0.970. The Hall–Kier alpha value is -1.06. The molecule has 1 saturated heterocycles. The lowest BCUT2D eigenvalue weighted by molar-refractivity contribution is 0.0560. The molecule has 0 aliphatic carbocycles. The maximum Gasteiger partial charge on any atom is 0.123 e. The molecule has 0 bridgehead atoms. The van der Waals surface area contributed by atoms with Gasteiger partial charge in [0.05, 0.1) is 7.11 Å². The van der Waals surface area contributed by atoms with Crippen molar-refractivity contribution in [3.05, 3.63) is 29.8 Å². The van der Waals surface area contributed by atoms with E-state index in [1.54, 1.807) is 7.11 Å². The third kappa shape index (κ3) is 2.79. The smallest absolute Gasteiger partial charge is 0.123 e. The first-order valence-electron chi connectivity index (χ1n) is 6.30. The van der Waals surface area contributed by atoms with Gasteiger partial charge in [-0.3, -0.25) is 4.90 Å². The van der Waals surface area contributed by atoms with Crippen molar-refractivity contribution < 1.29 is 4.74 Å². The predicted molar refractivity (Wildman–Crippen MR) is 70.1 cm³/mol. The number of nitrogens with zero attached hydrogens (tertiary/aromatic N) is 1. The zero-order valence-corrected chi connectivity index (χ0v) is 10.8. The molecular formula is C14H22N2O. The van der Waals surface area contributed by atoms with Crippen LogP contribution >= 0.6 is 0 Å². The van der Waals surface area contributed by atoms with Crippen LogP contribution in [-0.2, 0) is 6.54 Å². The van der Waals surface area contributed by atoms with Crippen LogP contribution < -0.4 is 10.5 Å². The van der Waals surface area contributed by atoms with Gasteiger partial charge in [-0.15, -0.1) is 0 Å². The number of benzene rings is 1. The molecule has 1 aromatic carbocycles. The van der Waals surface area contributed by atoms with E-state index in [0.29, 0.717) is 0 Å². The number of hydrogen-bond donors (Lipinski definition) is 1. The van der Waals surface area contributed by atoms with Crippen molar-refractivity contribution in [2.24, 2.45) is 5.73 Å². The topological polar surface area (TPSA) is 38.5 Å². The number of methoxy groups -OCH3 is 1. The molecular weight excluding hydrogens is 212 g/mol. The lowest BCUT2D eigenvalue weighted by Crippen LogP contribution is -2.66. The summed E-state index contributed by atoms with van der Waals surface area (Å²) < 4.78 is 5.36. The summed E-state index contributed by atoms with van der Waals surface area (Å²) in [4.78, 5) is 2.38. The van der Waals surface area contributed by atoms with E-state index in [-0.39, 0.29) is 5.54 Å². The summed E-state index contributed by atoms with van der Waals surface area (Å²) >= 11 is 0. The van der Waals surface area contributed by atoms with Crippen LogP contribution in [0.3, 0.4) is 0 Å². The van der Waals surface area contributed by atoms with Gasteiger partial charge in [0.25, 0.3) is 0 Å². The van der Waals surface area contributed by atoms with E-state index in [1.165, 1.54) is 12.0 Å². The highest BCUT2D eigenvalue weighted by atomic mass is 16.5. The second kappa shape index (κ2) is 5.07. The molecule has 1 aliphatic heterocycles. The normalized spacial score (nSPS) is 18.8. The molecule has 0 unspecified atom stereocenters. The van der Waals surface area contributed by atoms with Crippen LogP contribution in [-0.4, -0.2) is 30.6 Å². The Morgan fingerprint density at radius 1 is 1.35 bits per heavy atom. The van der Waals surface area contributed by atoms with E-state index in [9.17, 15) is 0 Å². The van der Waals surface area contributed by atoms with E-state index in [0.717, 1.165) is 31.8 Å². The fraction of sp³-hybridized carbons (Fsp3) is 0.571. The van der Waals surface area contributed by atoms with E-state index in [1.807, 2.05) is 12.1 Å². The Bertz CT molecular complexity index is 372. The molecule has 1 aromatic rings. The molecule has 0 atom stereocenters. The highest BCUT2D eigenvalue weighted by Crippen LogP contribution is 2.27. The molecule has 0 radical (unpaired) electrons. The first kappa shape index (κ1) is 12.4. The highest BCUT2D eigenvalue weighted by molar-refractivity contribution is 5.33. The summed E-state index contributed by atoms with van der Waals surface area (Å²) in [6.07, 6.45) is 2.29. The van der Waals surface area contributed by atoms with Crippen LogP contribution in [0.1, 0.15) is 25.3 Å². The van der Waals surface area contributed by atoms with Crippen LogP contribution in [0.2, 0.25) is 0 Å². The molecule has 0 aromatic heterocycles. The minimum absolute atomic E-state index is 0.0523. The quantitative estimate of drug-likeness (QED) is 0.847. The molecule has 1 fully saturated rings. The second-order valence-electron chi connectivity index (χ2n) is 5.07. The summed E-state index contributed by atoms with van der Waals surface area (Å²) in [6, 6.07) is 8.19. The number of para-hydroxylation sites is 1. The lowest BCUT2D eigenvalue weighted by atomic mass is 9.86. The minimum Gasteiger partial charge on any atom is -0.496 e. The molecule has 2 rings (SSSR count). The van der Waals surface area contributed by atoms with Gasteiger partial charge in [-0.2, -0.15) is 0 Å². The number of likely N-dealkylation sites (tertiary alicyclic amines) is 1. The van der Waals surface area contributed by atoms with Gasteiger partial charge < -0.3 is 10.5 Å². The molecule has 0 amide bonds. The molecule has 0 spiro atoms. The van der Waals surface area contributed by atoms with Crippen molar-refractivity contribution in [2.45, 2.75) is 31.8 Å². The molecule has 3 heteroatoms. The minimum atomic E-state index is 0.0523. The van der Waals surface area contributed by atoms with Gasteiger partial charge in [-0.25, -0.2) is 0 Å². The summed E-state index contributed by atoms with van der Waals surface area (Å²) in [6.45, 7) is 5.13. The first-order valence-corrected chi connectivity index (χ1v) is 6.30. The summed E-state index contributed by atoms with van der Waals surface area (Å²) in [7, 11) is 1.72. The predicted octanol–water partition coefficient (Wildman–Crippen LogP) is 2.01. The molecule has 2 N–H and O–H groups in total. The Balaban J connectivity index is 1.91. The monoisotopic (exact) mass is 234 g/mol.